The highest BCUT2D eigenvalue weighted by atomic mass is 35.5. The molecule has 3 rings (SSSR count). The maximum absolute atomic E-state index is 12.4. The first kappa shape index (κ1) is 20.4. The Bertz CT molecular complexity index is 835. The number of halogens is 1. The van der Waals surface area contributed by atoms with Crippen molar-refractivity contribution in [2.75, 3.05) is 11.9 Å². The van der Waals surface area contributed by atoms with E-state index in [0.717, 1.165) is 24.9 Å². The Balaban J connectivity index is 0.00000243. The third-order valence-electron chi connectivity index (χ3n) is 4.19. The maximum Gasteiger partial charge on any atom is 0.241 e. The van der Waals surface area contributed by atoms with Gasteiger partial charge in [0.05, 0.1) is 17.5 Å². The highest BCUT2D eigenvalue weighted by Gasteiger charge is 2.22. The Morgan fingerprint density at radius 2 is 1.73 bits per heavy atom. The largest absolute Gasteiger partial charge is 0.325 e. The van der Waals surface area contributed by atoms with Gasteiger partial charge in [-0.1, -0.05) is 42.5 Å². The molecule has 0 aliphatic carbocycles. The van der Waals surface area contributed by atoms with Crippen molar-refractivity contribution in [3.8, 4) is 0 Å². The van der Waals surface area contributed by atoms with Crippen LogP contribution in [0.4, 0.5) is 5.69 Å². The van der Waals surface area contributed by atoms with Crippen molar-refractivity contribution in [3.05, 3.63) is 65.7 Å². The van der Waals surface area contributed by atoms with Gasteiger partial charge >= 0.3 is 0 Å². The van der Waals surface area contributed by atoms with E-state index in [9.17, 15) is 13.2 Å². The Labute approximate surface area is 160 Å². The SMILES string of the molecule is Cl.O=C(Nc1cccc(CS(=O)(=O)Cc2ccccc2)c1)C1CCCN1. The fraction of sp³-hybridized carbons (Fsp3) is 0.316. The summed E-state index contributed by atoms with van der Waals surface area (Å²) in [5, 5.41) is 6.01. The first-order valence-corrected chi connectivity index (χ1v) is 10.2. The van der Waals surface area contributed by atoms with Crippen LogP contribution < -0.4 is 10.6 Å². The zero-order chi connectivity index (χ0) is 17.7. The van der Waals surface area contributed by atoms with Gasteiger partial charge in [-0.25, -0.2) is 8.42 Å². The molecule has 1 aliphatic heterocycles. The van der Waals surface area contributed by atoms with Gasteiger partial charge in [0.2, 0.25) is 5.91 Å². The second-order valence-electron chi connectivity index (χ2n) is 6.36. The molecule has 1 unspecified atom stereocenters. The molecule has 2 aromatic rings. The predicted molar refractivity (Wildman–Crippen MR) is 106 cm³/mol. The lowest BCUT2D eigenvalue weighted by Gasteiger charge is -2.12. The number of hydrogen-bond acceptors (Lipinski definition) is 4. The predicted octanol–water partition coefficient (Wildman–Crippen LogP) is 2.91. The minimum Gasteiger partial charge on any atom is -0.325 e. The lowest BCUT2D eigenvalue weighted by atomic mass is 10.2. The minimum absolute atomic E-state index is 0. The summed E-state index contributed by atoms with van der Waals surface area (Å²) in [7, 11) is -3.27. The Kier molecular flexibility index (Phi) is 7.20. The van der Waals surface area contributed by atoms with Gasteiger partial charge in [-0.2, -0.15) is 0 Å². The summed E-state index contributed by atoms with van der Waals surface area (Å²) in [5.41, 5.74) is 2.08. The second kappa shape index (κ2) is 9.16. The first-order chi connectivity index (χ1) is 12.0. The lowest BCUT2D eigenvalue weighted by molar-refractivity contribution is -0.117. The van der Waals surface area contributed by atoms with Gasteiger partial charge in [-0.05, 0) is 42.6 Å². The number of anilines is 1. The van der Waals surface area contributed by atoms with Crippen LogP contribution in [0.15, 0.2) is 54.6 Å². The van der Waals surface area contributed by atoms with E-state index in [1.54, 1.807) is 24.3 Å². The molecular weight excluding hydrogens is 372 g/mol. The average Bonchev–Trinajstić information content (AvgIpc) is 3.09. The van der Waals surface area contributed by atoms with Crippen LogP contribution >= 0.6 is 12.4 Å². The van der Waals surface area contributed by atoms with Gasteiger partial charge < -0.3 is 10.6 Å². The van der Waals surface area contributed by atoms with Crippen LogP contribution in [0, 0.1) is 0 Å². The second-order valence-corrected chi connectivity index (χ2v) is 8.42. The number of hydrogen-bond donors (Lipinski definition) is 2. The maximum atomic E-state index is 12.4. The van der Waals surface area contributed by atoms with Gasteiger partial charge in [-0.3, -0.25) is 4.79 Å². The number of nitrogens with one attached hydrogen (secondary N) is 2. The Hall–Kier alpha value is -1.89. The molecule has 1 heterocycles. The van der Waals surface area contributed by atoms with Crippen molar-refractivity contribution in [1.82, 2.24) is 5.32 Å². The molecule has 0 spiro atoms. The minimum atomic E-state index is -3.27. The topological polar surface area (TPSA) is 75.3 Å². The molecule has 140 valence electrons. The molecule has 26 heavy (non-hydrogen) atoms. The van der Waals surface area contributed by atoms with Crippen LogP contribution in [-0.4, -0.2) is 26.9 Å². The number of carbonyl (C=O) groups is 1. The van der Waals surface area contributed by atoms with Gasteiger partial charge in [-0.15, -0.1) is 12.4 Å². The zero-order valence-corrected chi connectivity index (χ0v) is 16.0. The van der Waals surface area contributed by atoms with Gasteiger partial charge in [0, 0.05) is 5.69 Å². The van der Waals surface area contributed by atoms with E-state index < -0.39 is 9.84 Å². The van der Waals surface area contributed by atoms with E-state index in [0.29, 0.717) is 11.3 Å². The van der Waals surface area contributed by atoms with Crippen molar-refractivity contribution in [1.29, 1.82) is 0 Å². The van der Waals surface area contributed by atoms with Crippen LogP contribution in [0.3, 0.4) is 0 Å². The molecule has 0 bridgehead atoms. The zero-order valence-electron chi connectivity index (χ0n) is 14.4. The molecule has 7 heteroatoms. The van der Waals surface area contributed by atoms with E-state index in [1.165, 1.54) is 0 Å². The molecule has 0 radical (unpaired) electrons. The van der Waals surface area contributed by atoms with E-state index in [4.69, 9.17) is 0 Å². The fourth-order valence-electron chi connectivity index (χ4n) is 3.01. The van der Waals surface area contributed by atoms with Gasteiger partial charge in [0.1, 0.15) is 0 Å². The first-order valence-electron chi connectivity index (χ1n) is 8.39. The molecule has 2 aromatic carbocycles. The number of sulfone groups is 1. The summed E-state index contributed by atoms with van der Waals surface area (Å²) in [5.74, 6) is -0.106. The van der Waals surface area contributed by atoms with E-state index >= 15 is 0 Å². The van der Waals surface area contributed by atoms with Crippen LogP contribution in [0.1, 0.15) is 24.0 Å². The van der Waals surface area contributed by atoms with Crippen molar-refractivity contribution < 1.29 is 13.2 Å². The third-order valence-corrected chi connectivity index (χ3v) is 5.73. The molecule has 1 saturated heterocycles. The van der Waals surface area contributed by atoms with Crippen LogP contribution in [0.5, 0.6) is 0 Å². The number of rotatable bonds is 6. The summed E-state index contributed by atoms with van der Waals surface area (Å²) in [6.07, 6.45) is 1.83. The molecule has 1 fully saturated rings. The standard InChI is InChI=1S/C19H22N2O3S.ClH/c22-19(18-10-5-11-20-18)21-17-9-4-8-16(12-17)14-25(23,24)13-15-6-2-1-3-7-15;/h1-4,6-9,12,18,20H,5,10-11,13-14H2,(H,21,22);1H. The molecule has 0 saturated carbocycles. The number of benzene rings is 2. The highest BCUT2D eigenvalue weighted by molar-refractivity contribution is 7.89. The summed E-state index contributed by atoms with van der Waals surface area (Å²) < 4.78 is 24.8. The van der Waals surface area contributed by atoms with Crippen LogP contribution in [-0.2, 0) is 26.1 Å². The molecule has 0 aromatic heterocycles. The molecule has 1 aliphatic rings. The van der Waals surface area contributed by atoms with Crippen molar-refractivity contribution in [2.45, 2.75) is 30.4 Å². The quantitative estimate of drug-likeness (QED) is 0.789. The average molecular weight is 395 g/mol. The van der Waals surface area contributed by atoms with E-state index in [-0.39, 0.29) is 35.9 Å². The normalized spacial score (nSPS) is 16.7. The van der Waals surface area contributed by atoms with Gasteiger partial charge in [0.25, 0.3) is 0 Å². The summed E-state index contributed by atoms with van der Waals surface area (Å²) in [6, 6.07) is 16.0. The van der Waals surface area contributed by atoms with E-state index in [1.807, 2.05) is 30.3 Å². The molecular formula is C19H23ClN2O3S. The number of carbonyl (C=O) groups excluding carboxylic acids is 1. The molecule has 5 nitrogen and oxygen atoms in total. The van der Waals surface area contributed by atoms with Crippen molar-refractivity contribution in [2.24, 2.45) is 0 Å². The summed E-state index contributed by atoms with van der Waals surface area (Å²) in [4.78, 5) is 12.2. The molecule has 1 atom stereocenters. The number of amides is 1. The highest BCUT2D eigenvalue weighted by Crippen LogP contribution is 2.17. The van der Waals surface area contributed by atoms with Crippen LogP contribution in [0.2, 0.25) is 0 Å². The smallest absolute Gasteiger partial charge is 0.241 e. The van der Waals surface area contributed by atoms with Crippen molar-refractivity contribution >= 4 is 33.8 Å². The summed E-state index contributed by atoms with van der Waals surface area (Å²) >= 11 is 0. The Morgan fingerprint density at radius 1 is 1.04 bits per heavy atom. The summed E-state index contributed by atoms with van der Waals surface area (Å²) in [6.45, 7) is 0.857. The molecule has 2 N–H and O–H groups in total. The van der Waals surface area contributed by atoms with Crippen molar-refractivity contribution in [3.63, 3.8) is 0 Å². The van der Waals surface area contributed by atoms with Crippen LogP contribution in [0.25, 0.3) is 0 Å². The third kappa shape index (κ3) is 5.83. The fourth-order valence-corrected chi connectivity index (χ4v) is 4.50. The lowest BCUT2D eigenvalue weighted by Crippen LogP contribution is -2.35. The monoisotopic (exact) mass is 394 g/mol. The van der Waals surface area contributed by atoms with Gasteiger partial charge in [0.15, 0.2) is 9.84 Å². The Morgan fingerprint density at radius 3 is 2.42 bits per heavy atom. The van der Waals surface area contributed by atoms with E-state index in [2.05, 4.69) is 10.6 Å². The molecule has 1 amide bonds.